The van der Waals surface area contributed by atoms with E-state index in [9.17, 15) is 4.79 Å². The Morgan fingerprint density at radius 1 is 1.32 bits per heavy atom. The van der Waals surface area contributed by atoms with E-state index in [0.29, 0.717) is 0 Å². The standard InChI is InChI=1S/C17H21N3OS/c1-19-11-13(10-18-19)14-6-4-8-20(14)17(21)16-9-12-5-2-3-7-15(12)22-16/h9-11,14H,2-8H2,1H3/t14-/m1/s1. The van der Waals surface area contributed by atoms with Gasteiger partial charge in [0.2, 0.25) is 0 Å². The van der Waals surface area contributed by atoms with E-state index in [2.05, 4.69) is 11.2 Å². The van der Waals surface area contributed by atoms with E-state index in [1.807, 2.05) is 29.0 Å². The van der Waals surface area contributed by atoms with Gasteiger partial charge in [-0.1, -0.05) is 0 Å². The Morgan fingerprint density at radius 3 is 2.95 bits per heavy atom. The number of hydrogen-bond donors (Lipinski definition) is 0. The van der Waals surface area contributed by atoms with Crippen molar-refractivity contribution < 1.29 is 4.79 Å². The van der Waals surface area contributed by atoms with Gasteiger partial charge >= 0.3 is 0 Å². The molecule has 0 N–H and O–H groups in total. The van der Waals surface area contributed by atoms with Gasteiger partial charge in [-0.15, -0.1) is 11.3 Å². The fourth-order valence-corrected chi connectivity index (χ4v) is 4.92. The minimum Gasteiger partial charge on any atom is -0.331 e. The molecule has 0 aromatic carbocycles. The maximum atomic E-state index is 13.0. The van der Waals surface area contributed by atoms with Crippen LogP contribution in [0.15, 0.2) is 18.5 Å². The maximum absolute atomic E-state index is 13.0. The molecule has 1 saturated heterocycles. The molecule has 22 heavy (non-hydrogen) atoms. The van der Waals surface area contributed by atoms with Crippen molar-refractivity contribution in [3.63, 3.8) is 0 Å². The highest BCUT2D eigenvalue weighted by Crippen LogP contribution is 2.36. The summed E-state index contributed by atoms with van der Waals surface area (Å²) in [6.07, 6.45) is 10.9. The van der Waals surface area contributed by atoms with Gasteiger partial charge in [0.25, 0.3) is 5.91 Å². The Balaban J connectivity index is 1.60. The highest BCUT2D eigenvalue weighted by atomic mass is 32.1. The van der Waals surface area contributed by atoms with Crippen LogP contribution in [0.4, 0.5) is 0 Å². The van der Waals surface area contributed by atoms with E-state index in [1.54, 1.807) is 11.3 Å². The number of amides is 1. The molecule has 0 radical (unpaired) electrons. The molecule has 2 aromatic rings. The molecular weight excluding hydrogens is 294 g/mol. The summed E-state index contributed by atoms with van der Waals surface area (Å²) < 4.78 is 1.82. The minimum atomic E-state index is 0.195. The van der Waals surface area contributed by atoms with Crippen molar-refractivity contribution in [3.05, 3.63) is 39.3 Å². The summed E-state index contributed by atoms with van der Waals surface area (Å²) in [5.74, 6) is 0.214. The summed E-state index contributed by atoms with van der Waals surface area (Å²) in [6.45, 7) is 0.862. The average molecular weight is 315 g/mol. The SMILES string of the molecule is Cn1cc([C@H]2CCCN2C(=O)c2cc3c(s2)CCCC3)cn1. The van der Waals surface area contributed by atoms with Crippen molar-refractivity contribution in [2.45, 2.75) is 44.6 Å². The van der Waals surface area contributed by atoms with Gasteiger partial charge in [-0.2, -0.15) is 5.10 Å². The average Bonchev–Trinajstić information content (AvgIpc) is 3.24. The van der Waals surface area contributed by atoms with Crippen LogP contribution in [0.1, 0.15) is 57.4 Å². The van der Waals surface area contributed by atoms with Gasteiger partial charge < -0.3 is 4.90 Å². The van der Waals surface area contributed by atoms with Crippen molar-refractivity contribution in [1.82, 2.24) is 14.7 Å². The highest BCUT2D eigenvalue weighted by molar-refractivity contribution is 7.14. The normalized spacial score (nSPS) is 21.1. The number of fused-ring (bicyclic) bond motifs is 1. The number of likely N-dealkylation sites (tertiary alicyclic amines) is 1. The largest absolute Gasteiger partial charge is 0.331 e. The number of nitrogens with zero attached hydrogens (tertiary/aromatic N) is 3. The Bertz CT molecular complexity index is 679. The van der Waals surface area contributed by atoms with Crippen molar-refractivity contribution in [2.75, 3.05) is 6.54 Å². The molecule has 1 amide bonds. The molecule has 2 aromatic heterocycles. The minimum absolute atomic E-state index is 0.195. The second-order valence-corrected chi connectivity index (χ2v) is 7.51. The van der Waals surface area contributed by atoms with Crippen LogP contribution in [0.25, 0.3) is 0 Å². The van der Waals surface area contributed by atoms with Gasteiger partial charge in [-0.05, 0) is 50.2 Å². The first kappa shape index (κ1) is 14.0. The quantitative estimate of drug-likeness (QED) is 0.852. The zero-order valence-electron chi connectivity index (χ0n) is 12.9. The third kappa shape index (κ3) is 2.37. The number of carbonyl (C=O) groups is 1. The first-order chi connectivity index (χ1) is 10.7. The molecule has 4 rings (SSSR count). The summed E-state index contributed by atoms with van der Waals surface area (Å²) in [4.78, 5) is 17.4. The van der Waals surface area contributed by atoms with Crippen molar-refractivity contribution in [1.29, 1.82) is 0 Å². The third-order valence-corrected chi connectivity index (χ3v) is 6.06. The van der Waals surface area contributed by atoms with E-state index >= 15 is 0 Å². The van der Waals surface area contributed by atoms with Crippen LogP contribution < -0.4 is 0 Å². The Kier molecular flexibility index (Phi) is 3.53. The molecule has 3 heterocycles. The number of thiophene rings is 1. The molecule has 5 heteroatoms. The monoisotopic (exact) mass is 315 g/mol. The maximum Gasteiger partial charge on any atom is 0.264 e. The number of hydrogen-bond acceptors (Lipinski definition) is 3. The first-order valence-corrected chi connectivity index (χ1v) is 8.95. The number of aromatic nitrogens is 2. The molecule has 0 unspecified atom stereocenters. The van der Waals surface area contributed by atoms with Gasteiger partial charge in [0.05, 0.1) is 17.1 Å². The summed E-state index contributed by atoms with van der Waals surface area (Å²) in [5.41, 5.74) is 2.58. The lowest BCUT2D eigenvalue weighted by atomic mass is 9.99. The van der Waals surface area contributed by atoms with E-state index in [1.165, 1.54) is 23.3 Å². The molecule has 1 aliphatic heterocycles. The molecule has 1 atom stereocenters. The van der Waals surface area contributed by atoms with E-state index in [-0.39, 0.29) is 11.9 Å². The summed E-state index contributed by atoms with van der Waals surface area (Å²) in [5, 5.41) is 4.26. The van der Waals surface area contributed by atoms with Crippen LogP contribution in [-0.4, -0.2) is 27.1 Å². The first-order valence-electron chi connectivity index (χ1n) is 8.13. The van der Waals surface area contributed by atoms with Gasteiger partial charge in [0, 0.05) is 30.2 Å². The molecule has 4 nitrogen and oxygen atoms in total. The number of carbonyl (C=O) groups excluding carboxylic acids is 1. The lowest BCUT2D eigenvalue weighted by Gasteiger charge is -2.23. The van der Waals surface area contributed by atoms with Crippen molar-refractivity contribution in [2.24, 2.45) is 7.05 Å². The van der Waals surface area contributed by atoms with E-state index in [0.717, 1.165) is 42.7 Å². The molecule has 1 fully saturated rings. The van der Waals surface area contributed by atoms with Crippen LogP contribution >= 0.6 is 11.3 Å². The highest BCUT2D eigenvalue weighted by Gasteiger charge is 2.32. The predicted octanol–water partition coefficient (Wildman–Crippen LogP) is 3.34. The zero-order chi connectivity index (χ0) is 15.1. The predicted molar refractivity (Wildman–Crippen MR) is 87.2 cm³/mol. The van der Waals surface area contributed by atoms with Crippen LogP contribution in [0, 0.1) is 0 Å². The number of aryl methyl sites for hydroxylation is 3. The van der Waals surface area contributed by atoms with Gasteiger partial charge in [-0.25, -0.2) is 0 Å². The molecule has 2 aliphatic rings. The van der Waals surface area contributed by atoms with Gasteiger partial charge in [-0.3, -0.25) is 9.48 Å². The molecule has 0 saturated carbocycles. The molecular formula is C17H21N3OS. The zero-order valence-corrected chi connectivity index (χ0v) is 13.7. The van der Waals surface area contributed by atoms with Crippen LogP contribution in [-0.2, 0) is 19.9 Å². The smallest absolute Gasteiger partial charge is 0.264 e. The fraction of sp³-hybridized carbons (Fsp3) is 0.529. The lowest BCUT2D eigenvalue weighted by Crippen LogP contribution is -2.29. The Hall–Kier alpha value is -1.62. The van der Waals surface area contributed by atoms with Crippen LogP contribution in [0.3, 0.4) is 0 Å². The third-order valence-electron chi connectivity index (χ3n) is 4.83. The van der Waals surface area contributed by atoms with E-state index in [4.69, 9.17) is 0 Å². The fourth-order valence-electron chi connectivity index (χ4n) is 3.71. The van der Waals surface area contributed by atoms with Crippen molar-refractivity contribution >= 4 is 17.2 Å². The second-order valence-electron chi connectivity index (χ2n) is 6.37. The molecule has 0 spiro atoms. The molecule has 1 aliphatic carbocycles. The van der Waals surface area contributed by atoms with Gasteiger partial charge in [0.15, 0.2) is 0 Å². The Labute approximate surface area is 134 Å². The summed E-state index contributed by atoms with van der Waals surface area (Å²) in [7, 11) is 1.93. The molecule has 116 valence electrons. The van der Waals surface area contributed by atoms with E-state index < -0.39 is 0 Å². The van der Waals surface area contributed by atoms with Crippen LogP contribution in [0.2, 0.25) is 0 Å². The van der Waals surface area contributed by atoms with Crippen LogP contribution in [0.5, 0.6) is 0 Å². The summed E-state index contributed by atoms with van der Waals surface area (Å²) >= 11 is 1.72. The number of rotatable bonds is 2. The molecule has 0 bridgehead atoms. The lowest BCUT2D eigenvalue weighted by molar-refractivity contribution is 0.0740. The van der Waals surface area contributed by atoms with Crippen molar-refractivity contribution in [3.8, 4) is 0 Å². The Morgan fingerprint density at radius 2 is 2.18 bits per heavy atom. The summed E-state index contributed by atoms with van der Waals surface area (Å²) in [6, 6.07) is 2.35. The van der Waals surface area contributed by atoms with Gasteiger partial charge in [0.1, 0.15) is 0 Å². The second kappa shape index (κ2) is 5.54. The topological polar surface area (TPSA) is 38.1 Å².